The van der Waals surface area contributed by atoms with E-state index in [0.717, 1.165) is 0 Å². The van der Waals surface area contributed by atoms with Crippen molar-refractivity contribution < 1.29 is 13.9 Å². The molecule has 6 heteroatoms. The van der Waals surface area contributed by atoms with Crippen LogP contribution in [0, 0.1) is 5.82 Å². The van der Waals surface area contributed by atoms with Crippen LogP contribution in [0.2, 0.25) is 5.02 Å². The van der Waals surface area contributed by atoms with Gasteiger partial charge in [-0.3, -0.25) is 0 Å². The molecule has 112 valence electrons. The van der Waals surface area contributed by atoms with Crippen LogP contribution in [0.25, 0.3) is 0 Å². The molecule has 0 aliphatic carbocycles. The van der Waals surface area contributed by atoms with Crippen LogP contribution >= 0.6 is 11.6 Å². The Morgan fingerprint density at radius 3 is 2.50 bits per heavy atom. The second-order valence-electron chi connectivity index (χ2n) is 5.66. The minimum absolute atomic E-state index is 0.264. The van der Waals surface area contributed by atoms with Crippen molar-refractivity contribution in [2.24, 2.45) is 5.73 Å². The number of hydrogen-bond donors (Lipinski definition) is 2. The molecule has 0 aliphatic rings. The Morgan fingerprint density at radius 1 is 1.40 bits per heavy atom. The fourth-order valence-electron chi connectivity index (χ4n) is 1.64. The molecular formula is C14H20ClFN2O2. The van der Waals surface area contributed by atoms with Crippen LogP contribution in [0.1, 0.15) is 39.3 Å². The van der Waals surface area contributed by atoms with Gasteiger partial charge in [0.15, 0.2) is 0 Å². The Hall–Kier alpha value is -1.33. The Bertz CT molecular complexity index is 468. The van der Waals surface area contributed by atoms with E-state index in [1.165, 1.54) is 12.1 Å². The zero-order valence-corrected chi connectivity index (χ0v) is 12.8. The predicted octanol–water partition coefficient (Wildman–Crippen LogP) is 3.39. The number of halogens is 2. The zero-order valence-electron chi connectivity index (χ0n) is 12.0. The number of alkyl carbamates (subject to hydrolysis) is 1. The van der Waals surface area contributed by atoms with Gasteiger partial charge in [0.2, 0.25) is 0 Å². The highest BCUT2D eigenvalue weighted by molar-refractivity contribution is 6.30. The summed E-state index contributed by atoms with van der Waals surface area (Å²) in [6.45, 7) is 7.02. The minimum atomic E-state index is -0.587. The van der Waals surface area contributed by atoms with Crippen LogP contribution in [0.5, 0.6) is 0 Å². The fourth-order valence-corrected chi connectivity index (χ4v) is 1.87. The molecular weight excluding hydrogens is 283 g/mol. The lowest BCUT2D eigenvalue weighted by molar-refractivity contribution is 0.0501. The monoisotopic (exact) mass is 302 g/mol. The van der Waals surface area contributed by atoms with Gasteiger partial charge in [0.1, 0.15) is 11.4 Å². The number of nitrogens with two attached hydrogens (primary N) is 1. The summed E-state index contributed by atoms with van der Waals surface area (Å²) in [4.78, 5) is 11.6. The van der Waals surface area contributed by atoms with Crippen molar-refractivity contribution in [3.05, 3.63) is 34.6 Å². The van der Waals surface area contributed by atoms with Crippen molar-refractivity contribution in [2.45, 2.75) is 45.4 Å². The van der Waals surface area contributed by atoms with Crippen LogP contribution in [0.15, 0.2) is 18.2 Å². The molecule has 1 aromatic carbocycles. The number of hydrogen-bond acceptors (Lipinski definition) is 3. The average molecular weight is 303 g/mol. The molecule has 4 nitrogen and oxygen atoms in total. The molecule has 20 heavy (non-hydrogen) atoms. The maximum absolute atomic E-state index is 13.3. The van der Waals surface area contributed by atoms with Crippen molar-refractivity contribution in [3.8, 4) is 0 Å². The van der Waals surface area contributed by atoms with Crippen LogP contribution in [-0.4, -0.2) is 17.7 Å². The molecule has 3 N–H and O–H groups in total. The van der Waals surface area contributed by atoms with Crippen molar-refractivity contribution in [1.82, 2.24) is 5.32 Å². The van der Waals surface area contributed by atoms with Crippen LogP contribution < -0.4 is 11.1 Å². The normalized spacial score (nSPS) is 14.6. The molecule has 2 unspecified atom stereocenters. The van der Waals surface area contributed by atoms with Gasteiger partial charge in [0.25, 0.3) is 0 Å². The summed E-state index contributed by atoms with van der Waals surface area (Å²) in [6.07, 6.45) is -0.567. The van der Waals surface area contributed by atoms with E-state index in [1.807, 2.05) is 0 Å². The van der Waals surface area contributed by atoms with Gasteiger partial charge in [-0.05, 0) is 51.5 Å². The summed E-state index contributed by atoms with van der Waals surface area (Å²) >= 11 is 5.78. The number of ether oxygens (including phenoxy) is 1. The summed E-state index contributed by atoms with van der Waals surface area (Å²) in [5.74, 6) is -0.465. The predicted molar refractivity (Wildman–Crippen MR) is 77.2 cm³/mol. The van der Waals surface area contributed by atoms with E-state index in [0.29, 0.717) is 5.56 Å². The molecule has 1 rings (SSSR count). The summed E-state index contributed by atoms with van der Waals surface area (Å²) in [7, 11) is 0. The molecule has 0 heterocycles. The van der Waals surface area contributed by atoms with E-state index >= 15 is 0 Å². The molecule has 0 fully saturated rings. The highest BCUT2D eigenvalue weighted by atomic mass is 35.5. The standard InChI is InChI=1S/C14H20ClFN2O2/c1-8(18-13(19)20-14(2,3)4)12(17)9-5-10(15)7-11(16)6-9/h5-8,12H,17H2,1-4H3,(H,18,19). The second kappa shape index (κ2) is 6.41. The van der Waals surface area contributed by atoms with E-state index in [1.54, 1.807) is 33.8 Å². The summed E-state index contributed by atoms with van der Waals surface area (Å²) in [5.41, 5.74) is 5.92. The molecule has 0 aromatic heterocycles. The van der Waals surface area contributed by atoms with E-state index < -0.39 is 29.6 Å². The molecule has 0 saturated carbocycles. The van der Waals surface area contributed by atoms with E-state index in [2.05, 4.69) is 5.32 Å². The smallest absolute Gasteiger partial charge is 0.407 e. The van der Waals surface area contributed by atoms with Crippen LogP contribution in [-0.2, 0) is 4.74 Å². The van der Waals surface area contributed by atoms with Gasteiger partial charge in [0, 0.05) is 11.1 Å². The van der Waals surface area contributed by atoms with Crippen molar-refractivity contribution in [3.63, 3.8) is 0 Å². The Kier molecular flexibility index (Phi) is 5.36. The van der Waals surface area contributed by atoms with Gasteiger partial charge in [-0.25, -0.2) is 9.18 Å². The summed E-state index contributed by atoms with van der Waals surface area (Å²) in [6, 6.07) is 3.05. The van der Waals surface area contributed by atoms with E-state index in [9.17, 15) is 9.18 Å². The lowest BCUT2D eigenvalue weighted by atomic mass is 10.0. The van der Waals surface area contributed by atoms with Crippen molar-refractivity contribution in [2.75, 3.05) is 0 Å². The number of amides is 1. The SMILES string of the molecule is CC(NC(=O)OC(C)(C)C)C(N)c1cc(F)cc(Cl)c1. The quantitative estimate of drug-likeness (QED) is 0.899. The number of carbonyl (C=O) groups excluding carboxylic acids is 1. The van der Waals surface area contributed by atoms with Crippen molar-refractivity contribution in [1.29, 1.82) is 0 Å². The molecule has 1 amide bonds. The highest BCUT2D eigenvalue weighted by Crippen LogP contribution is 2.21. The van der Waals surface area contributed by atoms with E-state index in [4.69, 9.17) is 22.1 Å². The van der Waals surface area contributed by atoms with Gasteiger partial charge in [0.05, 0.1) is 6.04 Å². The first kappa shape index (κ1) is 16.7. The molecule has 1 aromatic rings. The first-order valence-electron chi connectivity index (χ1n) is 6.29. The molecule has 0 radical (unpaired) electrons. The molecule has 0 spiro atoms. The highest BCUT2D eigenvalue weighted by Gasteiger charge is 2.22. The maximum Gasteiger partial charge on any atom is 0.407 e. The number of benzene rings is 1. The lowest BCUT2D eigenvalue weighted by Crippen LogP contribution is -2.43. The Balaban J connectivity index is 2.71. The molecule has 0 bridgehead atoms. The first-order valence-corrected chi connectivity index (χ1v) is 6.67. The van der Waals surface area contributed by atoms with E-state index in [-0.39, 0.29) is 5.02 Å². The molecule has 0 aliphatic heterocycles. The topological polar surface area (TPSA) is 64.3 Å². The summed E-state index contributed by atoms with van der Waals surface area (Å²) in [5, 5.41) is 2.89. The molecule has 0 saturated heterocycles. The van der Waals surface area contributed by atoms with Crippen LogP contribution in [0.4, 0.5) is 9.18 Å². The fraction of sp³-hybridized carbons (Fsp3) is 0.500. The lowest BCUT2D eigenvalue weighted by Gasteiger charge is -2.25. The summed E-state index contributed by atoms with van der Waals surface area (Å²) < 4.78 is 18.4. The first-order chi connectivity index (χ1) is 9.08. The van der Waals surface area contributed by atoms with Gasteiger partial charge >= 0.3 is 6.09 Å². The maximum atomic E-state index is 13.3. The van der Waals surface area contributed by atoms with Crippen LogP contribution in [0.3, 0.4) is 0 Å². The second-order valence-corrected chi connectivity index (χ2v) is 6.10. The van der Waals surface area contributed by atoms with Gasteiger partial charge in [-0.2, -0.15) is 0 Å². The molecule has 2 atom stereocenters. The average Bonchev–Trinajstić information content (AvgIpc) is 2.23. The minimum Gasteiger partial charge on any atom is -0.444 e. The van der Waals surface area contributed by atoms with Gasteiger partial charge in [-0.1, -0.05) is 11.6 Å². The van der Waals surface area contributed by atoms with Crippen molar-refractivity contribution >= 4 is 17.7 Å². The largest absolute Gasteiger partial charge is 0.444 e. The third kappa shape index (κ3) is 5.35. The number of carbonyl (C=O) groups is 1. The van der Waals surface area contributed by atoms with Gasteiger partial charge in [-0.15, -0.1) is 0 Å². The third-order valence-corrected chi connectivity index (χ3v) is 2.77. The number of rotatable bonds is 3. The Morgan fingerprint density at radius 2 is 2.00 bits per heavy atom. The zero-order chi connectivity index (χ0) is 15.5. The van der Waals surface area contributed by atoms with Gasteiger partial charge < -0.3 is 15.8 Å². The number of nitrogens with one attached hydrogen (secondary N) is 1. The Labute approximate surface area is 123 Å². The third-order valence-electron chi connectivity index (χ3n) is 2.55.